The summed E-state index contributed by atoms with van der Waals surface area (Å²) in [6.45, 7) is 1.89. The van der Waals surface area contributed by atoms with Crippen molar-refractivity contribution in [2.45, 2.75) is 19.8 Å². The number of aliphatic carboxylic acids is 1. The van der Waals surface area contributed by atoms with E-state index in [2.05, 4.69) is 9.97 Å². The Morgan fingerprint density at radius 3 is 3.00 bits per heavy atom. The van der Waals surface area contributed by atoms with Gasteiger partial charge in [0.25, 0.3) is 0 Å². The van der Waals surface area contributed by atoms with E-state index in [0.29, 0.717) is 11.4 Å². The number of hydrogen-bond donors (Lipinski definition) is 2. The molecule has 1 aromatic heterocycles. The molecule has 2 rings (SSSR count). The highest BCUT2D eigenvalue weighted by molar-refractivity contribution is 6.34. The number of nitrogens with zero attached hydrogens (tertiary/aromatic N) is 1. The van der Waals surface area contributed by atoms with Gasteiger partial charge in [0.2, 0.25) is 0 Å². The van der Waals surface area contributed by atoms with Crippen molar-refractivity contribution in [1.82, 2.24) is 9.97 Å². The molecule has 0 aliphatic carbocycles. The predicted octanol–water partition coefficient (Wildman–Crippen LogP) is 2.87. The molecule has 0 saturated heterocycles. The highest BCUT2D eigenvalue weighted by Crippen LogP contribution is 2.22. The summed E-state index contributed by atoms with van der Waals surface area (Å²) < 4.78 is 0. The number of hydrogen-bond acceptors (Lipinski definition) is 2. The molecule has 0 aliphatic heterocycles. The number of benzene rings is 1. The van der Waals surface area contributed by atoms with E-state index in [1.165, 1.54) is 0 Å². The first-order valence-electron chi connectivity index (χ1n) is 5.41. The maximum Gasteiger partial charge on any atom is 0.303 e. The zero-order chi connectivity index (χ0) is 12.4. The third-order valence-electron chi connectivity index (χ3n) is 2.58. The smallest absolute Gasteiger partial charge is 0.303 e. The highest BCUT2D eigenvalue weighted by atomic mass is 35.5. The third kappa shape index (κ3) is 2.77. The van der Waals surface area contributed by atoms with E-state index in [1.54, 1.807) is 6.07 Å². The van der Waals surface area contributed by atoms with E-state index in [4.69, 9.17) is 16.7 Å². The summed E-state index contributed by atoms with van der Waals surface area (Å²) in [5.41, 5.74) is 1.63. The maximum atomic E-state index is 10.6. The predicted molar refractivity (Wildman–Crippen MR) is 66.2 cm³/mol. The normalized spacial score (nSPS) is 12.8. The molecular weight excluding hydrogens is 240 g/mol. The molecule has 0 spiro atoms. The number of carboxylic acid groups (broad SMARTS) is 1. The van der Waals surface area contributed by atoms with E-state index in [9.17, 15) is 4.79 Å². The van der Waals surface area contributed by atoms with Gasteiger partial charge in [-0.25, -0.2) is 4.98 Å². The zero-order valence-electron chi connectivity index (χ0n) is 9.40. The second kappa shape index (κ2) is 4.75. The van der Waals surface area contributed by atoms with Crippen LogP contribution in [0, 0.1) is 5.92 Å². The lowest BCUT2D eigenvalue weighted by Crippen LogP contribution is -2.07. The standard InChI is InChI=1S/C12H13ClN2O2/c1-7(6-11(16)17)5-10-14-9-4-2-3-8(13)12(9)15-10/h2-4,7H,5-6H2,1H3,(H,14,15)(H,16,17). The molecule has 1 heterocycles. The van der Waals surface area contributed by atoms with E-state index >= 15 is 0 Å². The number of aromatic nitrogens is 2. The molecule has 2 aromatic rings. The average molecular weight is 253 g/mol. The van der Waals surface area contributed by atoms with Crippen molar-refractivity contribution < 1.29 is 9.90 Å². The van der Waals surface area contributed by atoms with Crippen molar-refractivity contribution in [2.75, 3.05) is 0 Å². The van der Waals surface area contributed by atoms with Crippen LogP contribution in [0.2, 0.25) is 5.02 Å². The molecule has 0 amide bonds. The Kier molecular flexibility index (Phi) is 3.33. The second-order valence-corrected chi connectivity index (χ2v) is 4.63. The summed E-state index contributed by atoms with van der Waals surface area (Å²) in [7, 11) is 0. The van der Waals surface area contributed by atoms with Crippen molar-refractivity contribution in [2.24, 2.45) is 5.92 Å². The van der Waals surface area contributed by atoms with Gasteiger partial charge >= 0.3 is 5.97 Å². The lowest BCUT2D eigenvalue weighted by molar-refractivity contribution is -0.137. The zero-order valence-corrected chi connectivity index (χ0v) is 10.2. The summed E-state index contributed by atoms with van der Waals surface area (Å²) >= 11 is 6.01. The summed E-state index contributed by atoms with van der Waals surface area (Å²) in [5.74, 6) is 0.0420. The first kappa shape index (κ1) is 11.9. The Hall–Kier alpha value is -1.55. The van der Waals surface area contributed by atoms with Crippen LogP contribution in [-0.4, -0.2) is 21.0 Å². The van der Waals surface area contributed by atoms with Gasteiger partial charge in [-0.1, -0.05) is 24.6 Å². The fraction of sp³-hybridized carbons (Fsp3) is 0.333. The first-order valence-corrected chi connectivity index (χ1v) is 5.79. The molecule has 1 unspecified atom stereocenters. The summed E-state index contributed by atoms with van der Waals surface area (Å²) in [5, 5.41) is 9.30. The molecule has 0 fully saturated rings. The van der Waals surface area contributed by atoms with Crippen molar-refractivity contribution in [3.63, 3.8) is 0 Å². The van der Waals surface area contributed by atoms with Gasteiger partial charge in [-0.3, -0.25) is 4.79 Å². The van der Waals surface area contributed by atoms with Gasteiger partial charge in [0.15, 0.2) is 0 Å². The minimum absolute atomic E-state index is 0.0480. The van der Waals surface area contributed by atoms with Crippen LogP contribution in [-0.2, 0) is 11.2 Å². The Balaban J connectivity index is 2.20. The number of halogens is 1. The van der Waals surface area contributed by atoms with Crippen LogP contribution in [0.4, 0.5) is 0 Å². The summed E-state index contributed by atoms with van der Waals surface area (Å²) in [6, 6.07) is 5.54. The Labute approximate surface area is 104 Å². The van der Waals surface area contributed by atoms with Crippen LogP contribution in [0.5, 0.6) is 0 Å². The van der Waals surface area contributed by atoms with E-state index in [0.717, 1.165) is 16.9 Å². The lowest BCUT2D eigenvalue weighted by atomic mass is 10.0. The van der Waals surface area contributed by atoms with E-state index < -0.39 is 5.97 Å². The van der Waals surface area contributed by atoms with E-state index in [1.807, 2.05) is 19.1 Å². The Morgan fingerprint density at radius 1 is 1.59 bits per heavy atom. The Bertz CT molecular complexity index is 550. The topological polar surface area (TPSA) is 66.0 Å². The number of carboxylic acids is 1. The summed E-state index contributed by atoms with van der Waals surface area (Å²) in [6.07, 6.45) is 0.752. The number of fused-ring (bicyclic) bond motifs is 1. The SMILES string of the molecule is CC(CC(=O)O)Cc1nc2c(Cl)cccc2[nH]1. The fourth-order valence-corrected chi connectivity index (χ4v) is 2.06. The van der Waals surface area contributed by atoms with Crippen LogP contribution in [0.3, 0.4) is 0 Å². The lowest BCUT2D eigenvalue weighted by Gasteiger charge is -2.04. The number of para-hydroxylation sites is 1. The minimum atomic E-state index is -0.786. The quantitative estimate of drug-likeness (QED) is 0.879. The molecule has 0 bridgehead atoms. The maximum absolute atomic E-state index is 10.6. The third-order valence-corrected chi connectivity index (χ3v) is 2.88. The molecule has 0 saturated carbocycles. The van der Waals surface area contributed by atoms with Crippen molar-refractivity contribution in [1.29, 1.82) is 0 Å². The molecule has 0 radical (unpaired) electrons. The van der Waals surface area contributed by atoms with Crippen LogP contribution in [0.1, 0.15) is 19.2 Å². The fourth-order valence-electron chi connectivity index (χ4n) is 1.85. The second-order valence-electron chi connectivity index (χ2n) is 4.23. The minimum Gasteiger partial charge on any atom is -0.481 e. The van der Waals surface area contributed by atoms with Gasteiger partial charge < -0.3 is 10.1 Å². The largest absolute Gasteiger partial charge is 0.481 e. The van der Waals surface area contributed by atoms with Gasteiger partial charge in [0.05, 0.1) is 10.5 Å². The van der Waals surface area contributed by atoms with Gasteiger partial charge in [-0.05, 0) is 18.1 Å². The van der Waals surface area contributed by atoms with Crippen molar-refractivity contribution in [3.8, 4) is 0 Å². The Morgan fingerprint density at radius 2 is 2.35 bits per heavy atom. The number of rotatable bonds is 4. The molecule has 5 heteroatoms. The number of imidazole rings is 1. The van der Waals surface area contributed by atoms with Crippen molar-refractivity contribution in [3.05, 3.63) is 29.0 Å². The molecular formula is C12H13ClN2O2. The molecule has 4 nitrogen and oxygen atoms in total. The molecule has 1 atom stereocenters. The van der Waals surface area contributed by atoms with Crippen molar-refractivity contribution >= 4 is 28.6 Å². The number of H-pyrrole nitrogens is 1. The highest BCUT2D eigenvalue weighted by Gasteiger charge is 2.12. The van der Waals surface area contributed by atoms with Gasteiger partial charge in [0.1, 0.15) is 11.3 Å². The van der Waals surface area contributed by atoms with Gasteiger partial charge in [-0.15, -0.1) is 0 Å². The molecule has 2 N–H and O–H groups in total. The first-order chi connectivity index (χ1) is 8.06. The van der Waals surface area contributed by atoms with E-state index in [-0.39, 0.29) is 12.3 Å². The molecule has 0 aliphatic rings. The number of carbonyl (C=O) groups is 1. The molecule has 17 heavy (non-hydrogen) atoms. The van der Waals surface area contributed by atoms with Gasteiger partial charge in [-0.2, -0.15) is 0 Å². The number of nitrogens with one attached hydrogen (secondary N) is 1. The summed E-state index contributed by atoms with van der Waals surface area (Å²) in [4.78, 5) is 18.1. The van der Waals surface area contributed by atoms with Crippen LogP contribution in [0.15, 0.2) is 18.2 Å². The van der Waals surface area contributed by atoms with Gasteiger partial charge in [0, 0.05) is 12.8 Å². The monoisotopic (exact) mass is 252 g/mol. The average Bonchev–Trinajstić information content (AvgIpc) is 2.60. The van der Waals surface area contributed by atoms with Crippen LogP contribution >= 0.6 is 11.6 Å². The molecule has 1 aromatic carbocycles. The number of aromatic amines is 1. The van der Waals surface area contributed by atoms with Crippen LogP contribution in [0.25, 0.3) is 11.0 Å². The molecule has 90 valence electrons. The van der Waals surface area contributed by atoms with Crippen LogP contribution < -0.4 is 0 Å².